The molecule has 2 N–H and O–H groups in total. The zero-order chi connectivity index (χ0) is 15.1. The summed E-state index contributed by atoms with van der Waals surface area (Å²) < 4.78 is 5.48. The second kappa shape index (κ2) is 8.03. The molecule has 1 aliphatic carbocycles. The predicted octanol–water partition coefficient (Wildman–Crippen LogP) is 2.96. The number of benzene rings is 1. The first-order valence-corrected chi connectivity index (χ1v) is 7.85. The van der Waals surface area contributed by atoms with Crippen molar-refractivity contribution in [2.75, 3.05) is 6.61 Å². The molecule has 21 heavy (non-hydrogen) atoms. The van der Waals surface area contributed by atoms with Crippen molar-refractivity contribution >= 4 is 5.91 Å². The van der Waals surface area contributed by atoms with Crippen molar-refractivity contribution in [3.05, 3.63) is 29.8 Å². The number of amides is 1. The maximum Gasteiger partial charge on any atom is 0.258 e. The molecule has 0 aromatic heterocycles. The van der Waals surface area contributed by atoms with E-state index in [1.54, 1.807) is 19.1 Å². The Kier molecular flexibility index (Phi) is 6.05. The maximum absolute atomic E-state index is 11.9. The number of carbonyl (C=O) groups excluding carboxylic acids is 1. The third-order valence-corrected chi connectivity index (χ3v) is 3.95. The number of aliphatic hydroxyl groups is 1. The van der Waals surface area contributed by atoms with E-state index in [-0.39, 0.29) is 12.5 Å². The highest BCUT2D eigenvalue weighted by molar-refractivity contribution is 5.77. The molecule has 0 spiro atoms. The van der Waals surface area contributed by atoms with Gasteiger partial charge in [-0.3, -0.25) is 4.79 Å². The number of hydrogen-bond donors (Lipinski definition) is 2. The van der Waals surface area contributed by atoms with Gasteiger partial charge in [0.1, 0.15) is 5.75 Å². The van der Waals surface area contributed by atoms with Crippen molar-refractivity contribution in [2.45, 2.75) is 57.6 Å². The van der Waals surface area contributed by atoms with Crippen LogP contribution in [0.15, 0.2) is 24.3 Å². The van der Waals surface area contributed by atoms with Crippen molar-refractivity contribution in [3.8, 4) is 5.75 Å². The van der Waals surface area contributed by atoms with Crippen LogP contribution in [0.2, 0.25) is 0 Å². The van der Waals surface area contributed by atoms with Crippen molar-refractivity contribution in [1.82, 2.24) is 5.32 Å². The first-order chi connectivity index (χ1) is 10.1. The normalized spacial score (nSPS) is 17.8. The Morgan fingerprint density at radius 2 is 1.86 bits per heavy atom. The molecule has 0 radical (unpaired) electrons. The van der Waals surface area contributed by atoms with Gasteiger partial charge in [0.05, 0.1) is 6.10 Å². The van der Waals surface area contributed by atoms with Gasteiger partial charge in [-0.2, -0.15) is 0 Å². The molecule has 0 bridgehead atoms. The van der Waals surface area contributed by atoms with Gasteiger partial charge in [0.15, 0.2) is 6.61 Å². The Hall–Kier alpha value is -1.55. The van der Waals surface area contributed by atoms with Crippen molar-refractivity contribution in [2.24, 2.45) is 0 Å². The lowest BCUT2D eigenvalue weighted by atomic mass is 10.1. The number of ether oxygens (including phenoxy) is 1. The summed E-state index contributed by atoms with van der Waals surface area (Å²) in [6.45, 7) is 1.76. The molecule has 0 aliphatic heterocycles. The Labute approximate surface area is 126 Å². The lowest BCUT2D eigenvalue weighted by molar-refractivity contribution is -0.123. The molecule has 1 aliphatic rings. The minimum Gasteiger partial charge on any atom is -0.484 e. The first-order valence-electron chi connectivity index (χ1n) is 7.85. The van der Waals surface area contributed by atoms with Gasteiger partial charge in [-0.15, -0.1) is 0 Å². The van der Waals surface area contributed by atoms with Crippen LogP contribution in [0.5, 0.6) is 5.75 Å². The lowest BCUT2D eigenvalue weighted by Crippen LogP contribution is -2.37. The van der Waals surface area contributed by atoms with Crippen LogP contribution in [0.25, 0.3) is 0 Å². The van der Waals surface area contributed by atoms with E-state index in [1.807, 2.05) is 12.1 Å². The molecule has 0 unspecified atom stereocenters. The van der Waals surface area contributed by atoms with Crippen LogP contribution in [-0.4, -0.2) is 23.7 Å². The van der Waals surface area contributed by atoms with Crippen LogP contribution in [0.4, 0.5) is 0 Å². The topological polar surface area (TPSA) is 58.6 Å². The smallest absolute Gasteiger partial charge is 0.258 e. The molecule has 2 rings (SSSR count). The van der Waals surface area contributed by atoms with E-state index in [1.165, 1.54) is 25.7 Å². The highest BCUT2D eigenvalue weighted by Gasteiger charge is 2.14. The molecular formula is C17H25NO3. The molecule has 4 nitrogen and oxygen atoms in total. The van der Waals surface area contributed by atoms with Crippen molar-refractivity contribution < 1.29 is 14.6 Å². The average molecular weight is 291 g/mol. The van der Waals surface area contributed by atoms with Gasteiger partial charge in [-0.05, 0) is 37.5 Å². The molecule has 4 heteroatoms. The molecule has 0 saturated heterocycles. The number of aliphatic hydroxyl groups excluding tert-OH is 1. The zero-order valence-corrected chi connectivity index (χ0v) is 12.7. The van der Waals surface area contributed by atoms with E-state index in [2.05, 4.69) is 5.32 Å². The lowest BCUT2D eigenvalue weighted by Gasteiger charge is -2.16. The van der Waals surface area contributed by atoms with E-state index in [4.69, 9.17) is 4.74 Å². The quantitative estimate of drug-likeness (QED) is 0.820. The van der Waals surface area contributed by atoms with E-state index in [0.29, 0.717) is 11.8 Å². The fourth-order valence-corrected chi connectivity index (χ4v) is 2.68. The van der Waals surface area contributed by atoms with Crippen LogP contribution in [0, 0.1) is 0 Å². The second-order valence-electron chi connectivity index (χ2n) is 5.79. The van der Waals surface area contributed by atoms with Gasteiger partial charge < -0.3 is 15.2 Å². The van der Waals surface area contributed by atoms with Crippen LogP contribution in [0.3, 0.4) is 0 Å². The molecule has 1 fully saturated rings. The summed E-state index contributed by atoms with van der Waals surface area (Å²) in [6, 6.07) is 7.48. The van der Waals surface area contributed by atoms with Crippen molar-refractivity contribution in [3.63, 3.8) is 0 Å². The van der Waals surface area contributed by atoms with E-state index >= 15 is 0 Å². The third kappa shape index (κ3) is 5.38. The van der Waals surface area contributed by atoms with Gasteiger partial charge in [0.25, 0.3) is 5.91 Å². The summed E-state index contributed by atoms with van der Waals surface area (Å²) in [7, 11) is 0. The van der Waals surface area contributed by atoms with Gasteiger partial charge in [0, 0.05) is 6.04 Å². The SMILES string of the molecule is C[C@@H](O)c1ccc(OCC(=O)NC2CCCCCC2)cc1. The molecule has 116 valence electrons. The Morgan fingerprint density at radius 3 is 2.43 bits per heavy atom. The molecule has 1 saturated carbocycles. The molecule has 1 aromatic carbocycles. The van der Waals surface area contributed by atoms with Crippen LogP contribution >= 0.6 is 0 Å². The molecule has 0 heterocycles. The zero-order valence-electron chi connectivity index (χ0n) is 12.7. The fraction of sp³-hybridized carbons (Fsp3) is 0.588. The Bertz CT molecular complexity index is 434. The second-order valence-corrected chi connectivity index (χ2v) is 5.79. The highest BCUT2D eigenvalue weighted by Crippen LogP contribution is 2.18. The summed E-state index contributed by atoms with van der Waals surface area (Å²) in [5, 5.41) is 12.5. The Morgan fingerprint density at radius 1 is 1.24 bits per heavy atom. The standard InChI is InChI=1S/C17H25NO3/c1-13(19)14-8-10-16(11-9-14)21-12-17(20)18-15-6-4-2-3-5-7-15/h8-11,13,15,19H,2-7,12H2,1H3,(H,18,20)/t13-/m1/s1. The summed E-state index contributed by atoms with van der Waals surface area (Å²) in [5.74, 6) is 0.594. The van der Waals surface area contributed by atoms with Crippen LogP contribution in [-0.2, 0) is 4.79 Å². The van der Waals surface area contributed by atoms with Gasteiger partial charge in [0.2, 0.25) is 0 Å². The average Bonchev–Trinajstić information content (AvgIpc) is 2.74. The molecular weight excluding hydrogens is 266 g/mol. The molecule has 1 atom stereocenters. The number of rotatable bonds is 5. The minimum atomic E-state index is -0.488. The molecule has 1 amide bonds. The third-order valence-electron chi connectivity index (χ3n) is 3.95. The number of nitrogens with one attached hydrogen (secondary N) is 1. The van der Waals surface area contributed by atoms with Gasteiger partial charge in [-0.25, -0.2) is 0 Å². The minimum absolute atomic E-state index is 0.0462. The number of carbonyl (C=O) groups is 1. The summed E-state index contributed by atoms with van der Waals surface area (Å²) in [5.41, 5.74) is 0.838. The first kappa shape index (κ1) is 15.8. The van der Waals surface area contributed by atoms with Crippen LogP contribution in [0.1, 0.15) is 57.1 Å². The van der Waals surface area contributed by atoms with Gasteiger partial charge in [-0.1, -0.05) is 37.8 Å². The monoisotopic (exact) mass is 291 g/mol. The summed E-state index contributed by atoms with van der Waals surface area (Å²) in [4.78, 5) is 11.9. The largest absolute Gasteiger partial charge is 0.484 e. The highest BCUT2D eigenvalue weighted by atomic mass is 16.5. The van der Waals surface area contributed by atoms with E-state index in [0.717, 1.165) is 18.4 Å². The summed E-state index contributed by atoms with van der Waals surface area (Å²) in [6.07, 6.45) is 6.62. The van der Waals surface area contributed by atoms with E-state index in [9.17, 15) is 9.90 Å². The van der Waals surface area contributed by atoms with E-state index < -0.39 is 6.10 Å². The van der Waals surface area contributed by atoms with Gasteiger partial charge >= 0.3 is 0 Å². The fourth-order valence-electron chi connectivity index (χ4n) is 2.68. The van der Waals surface area contributed by atoms with Crippen molar-refractivity contribution in [1.29, 1.82) is 0 Å². The Balaban J connectivity index is 1.75. The summed E-state index contributed by atoms with van der Waals surface area (Å²) >= 11 is 0. The van der Waals surface area contributed by atoms with Crippen LogP contribution < -0.4 is 10.1 Å². The maximum atomic E-state index is 11.9. The predicted molar refractivity (Wildman–Crippen MR) is 82.2 cm³/mol. The molecule has 1 aromatic rings. The number of hydrogen-bond acceptors (Lipinski definition) is 3.